The van der Waals surface area contributed by atoms with E-state index < -0.39 is 0 Å². The molecule has 1 saturated carbocycles. The van der Waals surface area contributed by atoms with Gasteiger partial charge in [-0.15, -0.1) is 0 Å². The van der Waals surface area contributed by atoms with Crippen LogP contribution < -0.4 is 14.8 Å². The maximum absolute atomic E-state index is 9.33. The molecule has 0 radical (unpaired) electrons. The average Bonchev–Trinajstić information content (AvgIpc) is 2.94. The molecular formula is C15H24N2O3. The van der Waals surface area contributed by atoms with Crippen LogP contribution in [-0.2, 0) is 6.54 Å². The monoisotopic (exact) mass is 280 g/mol. The molecule has 1 aromatic rings. The van der Waals surface area contributed by atoms with Crippen LogP contribution in [0.5, 0.6) is 11.5 Å². The Morgan fingerprint density at radius 1 is 1.30 bits per heavy atom. The van der Waals surface area contributed by atoms with Crippen LogP contribution in [0.3, 0.4) is 0 Å². The molecule has 2 atom stereocenters. The Morgan fingerprint density at radius 2 is 2.10 bits per heavy atom. The zero-order chi connectivity index (χ0) is 14.4. The fraction of sp³-hybridized carbons (Fsp3) is 0.667. The van der Waals surface area contributed by atoms with E-state index in [1.54, 1.807) is 26.5 Å². The number of hydrogen-bond donors (Lipinski definition) is 2. The molecule has 112 valence electrons. The maximum atomic E-state index is 9.33. The summed E-state index contributed by atoms with van der Waals surface area (Å²) in [4.78, 5) is 4.34. The van der Waals surface area contributed by atoms with E-state index in [0.717, 1.165) is 18.7 Å². The summed E-state index contributed by atoms with van der Waals surface area (Å²) in [5.74, 6) is 2.40. The van der Waals surface area contributed by atoms with Gasteiger partial charge in [0.25, 0.3) is 0 Å². The second kappa shape index (κ2) is 7.45. The van der Waals surface area contributed by atoms with E-state index in [0.29, 0.717) is 36.5 Å². The summed E-state index contributed by atoms with van der Waals surface area (Å²) in [7, 11) is 3.25. The van der Waals surface area contributed by atoms with Crippen molar-refractivity contribution in [2.24, 2.45) is 11.8 Å². The van der Waals surface area contributed by atoms with Crippen LogP contribution in [0, 0.1) is 11.8 Å². The van der Waals surface area contributed by atoms with Gasteiger partial charge in [0, 0.05) is 25.4 Å². The fourth-order valence-electron chi connectivity index (χ4n) is 2.98. The molecule has 2 rings (SSSR count). The second-order valence-electron chi connectivity index (χ2n) is 5.26. The lowest BCUT2D eigenvalue weighted by molar-refractivity contribution is 0.192. The first-order valence-corrected chi connectivity index (χ1v) is 7.17. The lowest BCUT2D eigenvalue weighted by atomic mass is 9.97. The van der Waals surface area contributed by atoms with Crippen molar-refractivity contribution in [2.45, 2.75) is 25.8 Å². The summed E-state index contributed by atoms with van der Waals surface area (Å²) < 4.78 is 10.6. The first-order chi connectivity index (χ1) is 9.80. The predicted octanol–water partition coefficient (Wildman–Crippen LogP) is 1.60. The number of pyridine rings is 1. The Kier molecular flexibility index (Phi) is 5.61. The van der Waals surface area contributed by atoms with Crippen LogP contribution in [-0.4, -0.2) is 37.5 Å². The Hall–Kier alpha value is -1.33. The third-order valence-electron chi connectivity index (χ3n) is 4.12. The minimum atomic E-state index is 0.299. The van der Waals surface area contributed by atoms with Crippen LogP contribution in [0.15, 0.2) is 12.3 Å². The highest BCUT2D eigenvalue weighted by atomic mass is 16.5. The van der Waals surface area contributed by atoms with Gasteiger partial charge in [0.1, 0.15) is 0 Å². The number of methoxy groups -OCH3 is 2. The quantitative estimate of drug-likeness (QED) is 0.794. The molecular weight excluding hydrogens is 256 g/mol. The number of rotatable bonds is 7. The minimum absolute atomic E-state index is 0.299. The summed E-state index contributed by atoms with van der Waals surface area (Å²) in [5.41, 5.74) is 0.852. The number of nitrogens with one attached hydrogen (secondary N) is 1. The van der Waals surface area contributed by atoms with Crippen molar-refractivity contribution in [1.29, 1.82) is 0 Å². The number of nitrogens with zero attached hydrogens (tertiary/aromatic N) is 1. The zero-order valence-electron chi connectivity index (χ0n) is 12.3. The van der Waals surface area contributed by atoms with Crippen LogP contribution >= 0.6 is 0 Å². The summed E-state index contributed by atoms with van der Waals surface area (Å²) in [6.45, 7) is 1.86. The van der Waals surface area contributed by atoms with Crippen molar-refractivity contribution in [3.05, 3.63) is 18.0 Å². The molecule has 5 heteroatoms. The van der Waals surface area contributed by atoms with Crippen LogP contribution in [0.25, 0.3) is 0 Å². The Bertz CT molecular complexity index is 426. The van der Waals surface area contributed by atoms with E-state index in [1.807, 2.05) is 0 Å². The molecule has 0 spiro atoms. The van der Waals surface area contributed by atoms with E-state index >= 15 is 0 Å². The van der Waals surface area contributed by atoms with Gasteiger partial charge in [-0.2, -0.15) is 0 Å². The highest BCUT2D eigenvalue weighted by Gasteiger charge is 2.26. The van der Waals surface area contributed by atoms with Crippen molar-refractivity contribution >= 4 is 0 Å². The molecule has 0 aliphatic heterocycles. The van der Waals surface area contributed by atoms with Gasteiger partial charge >= 0.3 is 0 Å². The molecule has 5 nitrogen and oxygen atoms in total. The van der Waals surface area contributed by atoms with Gasteiger partial charge in [-0.25, -0.2) is 0 Å². The third-order valence-corrected chi connectivity index (χ3v) is 4.12. The molecule has 1 aliphatic carbocycles. The largest absolute Gasteiger partial charge is 0.493 e. The summed E-state index contributed by atoms with van der Waals surface area (Å²) >= 11 is 0. The molecule has 1 heterocycles. The van der Waals surface area contributed by atoms with Crippen LogP contribution in [0.4, 0.5) is 0 Å². The van der Waals surface area contributed by atoms with E-state index in [4.69, 9.17) is 9.47 Å². The van der Waals surface area contributed by atoms with Crippen molar-refractivity contribution < 1.29 is 14.6 Å². The number of aromatic nitrogens is 1. The topological polar surface area (TPSA) is 63.6 Å². The van der Waals surface area contributed by atoms with Crippen LogP contribution in [0.2, 0.25) is 0 Å². The highest BCUT2D eigenvalue weighted by Crippen LogP contribution is 2.31. The SMILES string of the molecule is COc1ccnc(CNCC2CCCC2CO)c1OC. The average molecular weight is 280 g/mol. The smallest absolute Gasteiger partial charge is 0.183 e. The fourth-order valence-corrected chi connectivity index (χ4v) is 2.98. The molecule has 1 aliphatic rings. The minimum Gasteiger partial charge on any atom is -0.493 e. The standard InChI is InChI=1S/C15H24N2O3/c1-19-14-6-7-17-13(15(14)20-2)9-16-8-11-4-3-5-12(11)10-18/h6-7,11-12,16,18H,3-5,8-10H2,1-2H3. The van der Waals surface area contributed by atoms with E-state index in [2.05, 4.69) is 10.3 Å². The normalized spacial score (nSPS) is 21.9. The second-order valence-corrected chi connectivity index (χ2v) is 5.26. The Balaban J connectivity index is 1.91. The van der Waals surface area contributed by atoms with Gasteiger partial charge in [-0.1, -0.05) is 6.42 Å². The molecule has 0 amide bonds. The first kappa shape index (κ1) is 15.1. The molecule has 0 bridgehead atoms. The van der Waals surface area contributed by atoms with E-state index in [1.165, 1.54) is 12.8 Å². The van der Waals surface area contributed by atoms with Gasteiger partial charge in [-0.3, -0.25) is 4.98 Å². The lowest BCUT2D eigenvalue weighted by Gasteiger charge is -2.18. The van der Waals surface area contributed by atoms with Crippen molar-refractivity contribution in [1.82, 2.24) is 10.3 Å². The molecule has 1 fully saturated rings. The molecule has 20 heavy (non-hydrogen) atoms. The summed E-state index contributed by atoms with van der Waals surface area (Å²) in [5, 5.41) is 12.8. The number of hydrogen-bond acceptors (Lipinski definition) is 5. The predicted molar refractivity (Wildman–Crippen MR) is 77.0 cm³/mol. The van der Waals surface area contributed by atoms with Crippen molar-refractivity contribution in [3.8, 4) is 11.5 Å². The third kappa shape index (κ3) is 3.41. The van der Waals surface area contributed by atoms with Gasteiger partial charge < -0.3 is 19.9 Å². The van der Waals surface area contributed by atoms with E-state index in [9.17, 15) is 5.11 Å². The molecule has 2 unspecified atom stereocenters. The van der Waals surface area contributed by atoms with Gasteiger partial charge in [-0.05, 0) is 31.2 Å². The number of aliphatic hydroxyl groups excluding tert-OH is 1. The first-order valence-electron chi connectivity index (χ1n) is 7.17. The van der Waals surface area contributed by atoms with E-state index in [-0.39, 0.29) is 0 Å². The molecule has 0 aromatic carbocycles. The van der Waals surface area contributed by atoms with Crippen molar-refractivity contribution in [3.63, 3.8) is 0 Å². The lowest BCUT2D eigenvalue weighted by Crippen LogP contribution is -2.27. The van der Waals surface area contributed by atoms with Crippen molar-refractivity contribution in [2.75, 3.05) is 27.4 Å². The Morgan fingerprint density at radius 3 is 2.80 bits per heavy atom. The Labute approximate surface area is 120 Å². The molecule has 1 aromatic heterocycles. The van der Waals surface area contributed by atoms with Crippen LogP contribution in [0.1, 0.15) is 25.0 Å². The highest BCUT2D eigenvalue weighted by molar-refractivity contribution is 5.42. The van der Waals surface area contributed by atoms with Gasteiger partial charge in [0.15, 0.2) is 11.5 Å². The van der Waals surface area contributed by atoms with Gasteiger partial charge in [0.2, 0.25) is 0 Å². The zero-order valence-corrected chi connectivity index (χ0v) is 12.3. The number of aliphatic hydroxyl groups is 1. The van der Waals surface area contributed by atoms with Gasteiger partial charge in [0.05, 0.1) is 19.9 Å². The molecule has 2 N–H and O–H groups in total. The maximum Gasteiger partial charge on any atom is 0.183 e. The molecule has 0 saturated heterocycles. The number of ether oxygens (including phenoxy) is 2. The summed E-state index contributed by atoms with van der Waals surface area (Å²) in [6.07, 6.45) is 5.28. The summed E-state index contributed by atoms with van der Waals surface area (Å²) in [6, 6.07) is 1.79.